The molecule has 1 heterocycles. The molecule has 0 saturated carbocycles. The lowest BCUT2D eigenvalue weighted by atomic mass is 10.0. The quantitative estimate of drug-likeness (QED) is 0.780. The highest BCUT2D eigenvalue weighted by Crippen LogP contribution is 2.27. The Bertz CT molecular complexity index is 331. The SMILES string of the molecule is CNC(C)(C)c1ccc(C(=O)OC)s1. The summed E-state index contributed by atoms with van der Waals surface area (Å²) in [4.78, 5) is 13.0. The van der Waals surface area contributed by atoms with E-state index >= 15 is 0 Å². The summed E-state index contributed by atoms with van der Waals surface area (Å²) in [6.07, 6.45) is 0. The molecule has 0 unspecified atom stereocenters. The van der Waals surface area contributed by atoms with Gasteiger partial charge in [-0.3, -0.25) is 0 Å². The summed E-state index contributed by atoms with van der Waals surface area (Å²) in [5.41, 5.74) is -0.100. The number of ether oxygens (including phenoxy) is 1. The highest BCUT2D eigenvalue weighted by molar-refractivity contribution is 7.14. The molecule has 3 nitrogen and oxygen atoms in total. The highest BCUT2D eigenvalue weighted by Gasteiger charge is 2.21. The maximum Gasteiger partial charge on any atom is 0.348 e. The smallest absolute Gasteiger partial charge is 0.348 e. The molecule has 0 saturated heterocycles. The molecule has 0 fully saturated rings. The number of thiophene rings is 1. The molecule has 0 aliphatic carbocycles. The van der Waals surface area contributed by atoms with Crippen LogP contribution in [0.4, 0.5) is 0 Å². The Morgan fingerprint density at radius 2 is 2.14 bits per heavy atom. The van der Waals surface area contributed by atoms with E-state index in [1.165, 1.54) is 18.4 Å². The topological polar surface area (TPSA) is 38.3 Å². The molecular formula is C10H15NO2S. The highest BCUT2D eigenvalue weighted by atomic mass is 32.1. The van der Waals surface area contributed by atoms with Gasteiger partial charge in [-0.2, -0.15) is 0 Å². The zero-order valence-electron chi connectivity index (χ0n) is 8.88. The van der Waals surface area contributed by atoms with Gasteiger partial charge in [0.15, 0.2) is 0 Å². The third-order valence-electron chi connectivity index (χ3n) is 2.23. The monoisotopic (exact) mass is 213 g/mol. The number of hydrogen-bond donors (Lipinski definition) is 1. The lowest BCUT2D eigenvalue weighted by Crippen LogP contribution is -2.31. The first-order valence-electron chi connectivity index (χ1n) is 4.39. The van der Waals surface area contributed by atoms with Gasteiger partial charge in [-0.15, -0.1) is 11.3 Å². The predicted octanol–water partition coefficient (Wildman–Crippen LogP) is 1.99. The van der Waals surface area contributed by atoms with E-state index in [2.05, 4.69) is 23.9 Å². The number of hydrogen-bond acceptors (Lipinski definition) is 4. The van der Waals surface area contributed by atoms with Gasteiger partial charge in [0.05, 0.1) is 7.11 Å². The largest absolute Gasteiger partial charge is 0.465 e. The standard InChI is InChI=1S/C10H15NO2S/c1-10(2,11-3)8-6-5-7(14-8)9(12)13-4/h5-6,11H,1-4H3. The number of nitrogens with one attached hydrogen (secondary N) is 1. The number of rotatable bonds is 3. The molecule has 0 aromatic carbocycles. The molecule has 1 N–H and O–H groups in total. The molecule has 0 spiro atoms. The van der Waals surface area contributed by atoms with E-state index in [4.69, 9.17) is 0 Å². The van der Waals surface area contributed by atoms with Crippen LogP contribution in [-0.4, -0.2) is 20.1 Å². The Morgan fingerprint density at radius 3 is 2.64 bits per heavy atom. The second-order valence-electron chi connectivity index (χ2n) is 3.53. The first-order valence-corrected chi connectivity index (χ1v) is 5.20. The second-order valence-corrected chi connectivity index (χ2v) is 4.61. The number of methoxy groups -OCH3 is 1. The van der Waals surface area contributed by atoms with Gasteiger partial charge < -0.3 is 10.1 Å². The van der Waals surface area contributed by atoms with E-state index in [0.717, 1.165) is 4.88 Å². The van der Waals surface area contributed by atoms with Crippen molar-refractivity contribution >= 4 is 17.3 Å². The molecule has 4 heteroatoms. The maximum atomic E-state index is 11.2. The van der Waals surface area contributed by atoms with Crippen LogP contribution in [0, 0.1) is 0 Å². The molecule has 1 aromatic rings. The molecule has 0 radical (unpaired) electrons. The van der Waals surface area contributed by atoms with Crippen molar-refractivity contribution in [1.82, 2.24) is 5.32 Å². The fraction of sp³-hybridized carbons (Fsp3) is 0.500. The van der Waals surface area contributed by atoms with Gasteiger partial charge in [0.25, 0.3) is 0 Å². The molecular weight excluding hydrogens is 198 g/mol. The molecule has 14 heavy (non-hydrogen) atoms. The number of carbonyl (C=O) groups is 1. The minimum atomic E-state index is -0.270. The van der Waals surface area contributed by atoms with Crippen molar-refractivity contribution < 1.29 is 9.53 Å². The lowest BCUT2D eigenvalue weighted by molar-refractivity contribution is 0.0606. The van der Waals surface area contributed by atoms with Crippen molar-refractivity contribution in [2.75, 3.05) is 14.2 Å². The Balaban J connectivity index is 2.93. The lowest BCUT2D eigenvalue weighted by Gasteiger charge is -2.21. The van der Waals surface area contributed by atoms with Crippen LogP contribution in [0.5, 0.6) is 0 Å². The predicted molar refractivity (Wildman–Crippen MR) is 57.7 cm³/mol. The minimum absolute atomic E-state index is 0.100. The average Bonchev–Trinajstić information content (AvgIpc) is 2.66. The van der Waals surface area contributed by atoms with E-state index in [1.807, 2.05) is 13.1 Å². The van der Waals surface area contributed by atoms with Crippen LogP contribution in [0.2, 0.25) is 0 Å². The summed E-state index contributed by atoms with van der Waals surface area (Å²) in [5.74, 6) is -0.270. The van der Waals surface area contributed by atoms with Crippen LogP contribution in [0.15, 0.2) is 12.1 Å². The van der Waals surface area contributed by atoms with Gasteiger partial charge in [0.1, 0.15) is 4.88 Å². The van der Waals surface area contributed by atoms with E-state index < -0.39 is 0 Å². The first kappa shape index (κ1) is 11.2. The van der Waals surface area contributed by atoms with Crippen molar-refractivity contribution in [3.63, 3.8) is 0 Å². The van der Waals surface area contributed by atoms with Gasteiger partial charge in [-0.05, 0) is 33.0 Å². The van der Waals surface area contributed by atoms with Crippen molar-refractivity contribution in [3.8, 4) is 0 Å². The Morgan fingerprint density at radius 1 is 1.50 bits per heavy atom. The van der Waals surface area contributed by atoms with E-state index in [9.17, 15) is 4.79 Å². The zero-order chi connectivity index (χ0) is 10.8. The van der Waals surface area contributed by atoms with Crippen molar-refractivity contribution in [1.29, 1.82) is 0 Å². The van der Waals surface area contributed by atoms with Gasteiger partial charge in [-0.25, -0.2) is 4.79 Å². The molecule has 1 rings (SSSR count). The van der Waals surface area contributed by atoms with Crippen LogP contribution >= 0.6 is 11.3 Å². The van der Waals surface area contributed by atoms with Gasteiger partial charge in [0.2, 0.25) is 0 Å². The van der Waals surface area contributed by atoms with Crippen LogP contribution in [0.1, 0.15) is 28.4 Å². The second kappa shape index (κ2) is 4.11. The van der Waals surface area contributed by atoms with Crippen molar-refractivity contribution in [2.45, 2.75) is 19.4 Å². The van der Waals surface area contributed by atoms with Gasteiger partial charge in [0, 0.05) is 10.4 Å². The molecule has 1 aromatic heterocycles. The van der Waals surface area contributed by atoms with Crippen LogP contribution < -0.4 is 5.32 Å². The normalized spacial score (nSPS) is 11.4. The molecule has 78 valence electrons. The summed E-state index contributed by atoms with van der Waals surface area (Å²) in [6.45, 7) is 4.14. The van der Waals surface area contributed by atoms with Gasteiger partial charge in [-0.1, -0.05) is 0 Å². The molecule has 0 aliphatic heterocycles. The first-order chi connectivity index (χ1) is 6.51. The Hall–Kier alpha value is -0.870. The Labute approximate surface area is 88.1 Å². The molecule has 0 bridgehead atoms. The fourth-order valence-electron chi connectivity index (χ4n) is 1.01. The van der Waals surface area contributed by atoms with E-state index in [1.54, 1.807) is 6.07 Å². The Kier molecular flexibility index (Phi) is 3.29. The van der Waals surface area contributed by atoms with E-state index in [-0.39, 0.29) is 11.5 Å². The average molecular weight is 213 g/mol. The summed E-state index contributed by atoms with van der Waals surface area (Å²) in [6, 6.07) is 3.75. The fourth-order valence-corrected chi connectivity index (χ4v) is 2.04. The van der Waals surface area contributed by atoms with Crippen molar-refractivity contribution in [2.24, 2.45) is 0 Å². The van der Waals surface area contributed by atoms with Crippen LogP contribution in [0.25, 0.3) is 0 Å². The van der Waals surface area contributed by atoms with Crippen molar-refractivity contribution in [3.05, 3.63) is 21.9 Å². The molecule has 0 atom stereocenters. The van der Waals surface area contributed by atoms with Crippen LogP contribution in [0.3, 0.4) is 0 Å². The third kappa shape index (κ3) is 2.13. The minimum Gasteiger partial charge on any atom is -0.465 e. The third-order valence-corrected chi connectivity index (χ3v) is 3.62. The number of esters is 1. The summed E-state index contributed by atoms with van der Waals surface area (Å²) >= 11 is 1.46. The maximum absolute atomic E-state index is 11.2. The summed E-state index contributed by atoms with van der Waals surface area (Å²) in [5, 5.41) is 3.19. The van der Waals surface area contributed by atoms with E-state index in [0.29, 0.717) is 4.88 Å². The van der Waals surface area contributed by atoms with Crippen LogP contribution in [-0.2, 0) is 10.3 Å². The summed E-state index contributed by atoms with van der Waals surface area (Å²) in [7, 11) is 3.29. The number of carbonyl (C=O) groups excluding carboxylic acids is 1. The van der Waals surface area contributed by atoms with Gasteiger partial charge >= 0.3 is 5.97 Å². The summed E-state index contributed by atoms with van der Waals surface area (Å²) < 4.78 is 4.65. The zero-order valence-corrected chi connectivity index (χ0v) is 9.70. The molecule has 0 amide bonds. The molecule has 0 aliphatic rings.